The van der Waals surface area contributed by atoms with E-state index in [4.69, 9.17) is 5.26 Å². The summed E-state index contributed by atoms with van der Waals surface area (Å²) in [4.78, 5) is 11.2. The van der Waals surface area contributed by atoms with Gasteiger partial charge in [0.05, 0.1) is 12.5 Å². The van der Waals surface area contributed by atoms with E-state index in [0.29, 0.717) is 18.9 Å². The molecule has 0 spiro atoms. The van der Waals surface area contributed by atoms with E-state index in [9.17, 15) is 0 Å². The lowest BCUT2D eigenvalue weighted by atomic mass is 10.3. The third-order valence-corrected chi connectivity index (χ3v) is 3.18. The molecule has 0 aliphatic heterocycles. The van der Waals surface area contributed by atoms with Crippen molar-refractivity contribution < 1.29 is 0 Å². The van der Waals surface area contributed by atoms with Crippen molar-refractivity contribution in [1.82, 2.24) is 9.97 Å². The van der Waals surface area contributed by atoms with Crippen molar-refractivity contribution in [3.05, 3.63) is 11.9 Å². The van der Waals surface area contributed by atoms with Crippen LogP contribution < -0.4 is 10.2 Å². The number of nitrogens with one attached hydrogen (secondary N) is 1. The molecule has 1 saturated carbocycles. The van der Waals surface area contributed by atoms with Crippen LogP contribution in [0.1, 0.15) is 44.3 Å². The lowest BCUT2D eigenvalue weighted by molar-refractivity contribution is 0.846. The Morgan fingerprint density at radius 1 is 1.47 bits per heavy atom. The van der Waals surface area contributed by atoms with Gasteiger partial charge >= 0.3 is 0 Å². The number of nitrogens with zero attached hydrogens (tertiary/aromatic N) is 4. The molecule has 0 radical (unpaired) electrons. The number of hydrogen-bond donors (Lipinski definition) is 1. The third kappa shape index (κ3) is 3.82. The summed E-state index contributed by atoms with van der Waals surface area (Å²) in [6.45, 7) is 3.75. The summed E-state index contributed by atoms with van der Waals surface area (Å²) >= 11 is 0. The molecular formula is C14H21N5. The van der Waals surface area contributed by atoms with Crippen molar-refractivity contribution in [3.8, 4) is 6.07 Å². The first kappa shape index (κ1) is 13.6. The predicted molar refractivity (Wildman–Crippen MR) is 76.3 cm³/mol. The first-order valence-electron chi connectivity index (χ1n) is 6.95. The normalized spacial score (nSPS) is 13.9. The van der Waals surface area contributed by atoms with Gasteiger partial charge in [-0.1, -0.05) is 6.92 Å². The predicted octanol–water partition coefficient (Wildman–Crippen LogP) is 2.53. The smallest absolute Gasteiger partial charge is 0.136 e. The quantitative estimate of drug-likeness (QED) is 0.815. The Kier molecular flexibility index (Phi) is 4.56. The van der Waals surface area contributed by atoms with Crippen LogP contribution in [0, 0.1) is 11.3 Å². The molecule has 0 saturated heterocycles. The zero-order chi connectivity index (χ0) is 13.7. The first-order chi connectivity index (χ1) is 9.24. The summed E-state index contributed by atoms with van der Waals surface area (Å²) in [5.74, 6) is 3.29. The zero-order valence-electron chi connectivity index (χ0n) is 11.7. The van der Waals surface area contributed by atoms with E-state index in [-0.39, 0.29) is 0 Å². The summed E-state index contributed by atoms with van der Waals surface area (Å²) in [5, 5.41) is 12.0. The minimum atomic E-state index is 0.511. The van der Waals surface area contributed by atoms with Gasteiger partial charge in [0.15, 0.2) is 0 Å². The van der Waals surface area contributed by atoms with E-state index in [1.165, 1.54) is 12.8 Å². The lowest BCUT2D eigenvalue weighted by Gasteiger charge is -2.18. The van der Waals surface area contributed by atoms with Crippen molar-refractivity contribution in [2.45, 2.75) is 38.5 Å². The highest BCUT2D eigenvalue weighted by Gasteiger charge is 2.27. The molecule has 2 rings (SSSR count). The Balaban J connectivity index is 2.16. The van der Waals surface area contributed by atoms with E-state index in [1.807, 2.05) is 18.0 Å². The summed E-state index contributed by atoms with van der Waals surface area (Å²) in [6.07, 6.45) is 3.97. The van der Waals surface area contributed by atoms with E-state index >= 15 is 0 Å². The second-order valence-corrected chi connectivity index (χ2v) is 5.00. The maximum Gasteiger partial charge on any atom is 0.136 e. The number of nitriles is 1. The Hall–Kier alpha value is -1.83. The van der Waals surface area contributed by atoms with Crippen LogP contribution in [-0.2, 0) is 0 Å². The molecule has 0 bridgehead atoms. The van der Waals surface area contributed by atoms with Gasteiger partial charge in [0, 0.05) is 32.1 Å². The van der Waals surface area contributed by atoms with Gasteiger partial charge in [-0.2, -0.15) is 5.26 Å². The van der Waals surface area contributed by atoms with Gasteiger partial charge in [-0.15, -0.1) is 0 Å². The van der Waals surface area contributed by atoms with Crippen LogP contribution in [0.25, 0.3) is 0 Å². The molecule has 0 unspecified atom stereocenters. The SMILES string of the molecule is CCCNc1cc(N(C)CCC#N)nc(C2CC2)n1. The van der Waals surface area contributed by atoms with Gasteiger partial charge < -0.3 is 10.2 Å². The molecule has 1 aliphatic rings. The van der Waals surface area contributed by atoms with Gasteiger partial charge in [0.25, 0.3) is 0 Å². The van der Waals surface area contributed by atoms with Crippen molar-refractivity contribution in [2.24, 2.45) is 0 Å². The Morgan fingerprint density at radius 2 is 2.26 bits per heavy atom. The zero-order valence-corrected chi connectivity index (χ0v) is 11.7. The molecule has 1 aromatic rings. The van der Waals surface area contributed by atoms with Crippen LogP contribution in [0.15, 0.2) is 6.07 Å². The number of anilines is 2. The second kappa shape index (κ2) is 6.37. The molecule has 0 amide bonds. The van der Waals surface area contributed by atoms with Gasteiger partial charge in [-0.05, 0) is 19.3 Å². The Bertz CT molecular complexity index is 461. The highest BCUT2D eigenvalue weighted by molar-refractivity contribution is 5.49. The number of rotatable bonds is 7. The summed E-state index contributed by atoms with van der Waals surface area (Å²) in [6, 6.07) is 4.14. The van der Waals surface area contributed by atoms with Crippen molar-refractivity contribution in [1.29, 1.82) is 5.26 Å². The monoisotopic (exact) mass is 259 g/mol. The van der Waals surface area contributed by atoms with Crippen LogP contribution in [0.4, 0.5) is 11.6 Å². The van der Waals surface area contributed by atoms with Crippen LogP contribution in [0.2, 0.25) is 0 Å². The molecule has 1 heterocycles. The molecule has 102 valence electrons. The Labute approximate surface area is 114 Å². The molecule has 5 heteroatoms. The minimum absolute atomic E-state index is 0.511. The number of hydrogen-bond acceptors (Lipinski definition) is 5. The number of aromatic nitrogens is 2. The van der Waals surface area contributed by atoms with Gasteiger partial charge in [-0.3, -0.25) is 0 Å². The van der Waals surface area contributed by atoms with Crippen LogP contribution in [0.5, 0.6) is 0 Å². The average molecular weight is 259 g/mol. The second-order valence-electron chi connectivity index (χ2n) is 5.00. The van der Waals surface area contributed by atoms with E-state index in [2.05, 4.69) is 28.3 Å². The maximum atomic E-state index is 8.66. The van der Waals surface area contributed by atoms with Crippen LogP contribution in [0.3, 0.4) is 0 Å². The van der Waals surface area contributed by atoms with Gasteiger partial charge in [-0.25, -0.2) is 9.97 Å². The van der Waals surface area contributed by atoms with Gasteiger partial charge in [0.1, 0.15) is 17.5 Å². The van der Waals surface area contributed by atoms with Crippen molar-refractivity contribution in [3.63, 3.8) is 0 Å². The van der Waals surface area contributed by atoms with E-state index in [0.717, 1.165) is 30.4 Å². The third-order valence-electron chi connectivity index (χ3n) is 3.18. The summed E-state index contributed by atoms with van der Waals surface area (Å²) in [7, 11) is 1.97. The first-order valence-corrected chi connectivity index (χ1v) is 6.95. The molecule has 19 heavy (non-hydrogen) atoms. The van der Waals surface area contributed by atoms with Crippen LogP contribution in [-0.4, -0.2) is 30.1 Å². The summed E-state index contributed by atoms with van der Waals surface area (Å²) < 4.78 is 0. The van der Waals surface area contributed by atoms with E-state index in [1.54, 1.807) is 0 Å². The minimum Gasteiger partial charge on any atom is -0.370 e. The molecule has 1 aliphatic carbocycles. The van der Waals surface area contributed by atoms with Crippen molar-refractivity contribution >= 4 is 11.6 Å². The lowest BCUT2D eigenvalue weighted by Crippen LogP contribution is -2.20. The standard InChI is InChI=1S/C14H21N5/c1-3-8-16-12-10-13(19(2)9-4-7-15)18-14(17-12)11-5-6-11/h10-11H,3-6,8-9H2,1-2H3,(H,16,17,18). The molecule has 0 aromatic carbocycles. The maximum absolute atomic E-state index is 8.66. The molecule has 1 N–H and O–H groups in total. The Morgan fingerprint density at radius 3 is 2.89 bits per heavy atom. The molecular weight excluding hydrogens is 238 g/mol. The fourth-order valence-electron chi connectivity index (χ4n) is 1.85. The van der Waals surface area contributed by atoms with Crippen LogP contribution >= 0.6 is 0 Å². The fourth-order valence-corrected chi connectivity index (χ4v) is 1.85. The average Bonchev–Trinajstić information content (AvgIpc) is 3.26. The topological polar surface area (TPSA) is 64.8 Å². The highest BCUT2D eigenvalue weighted by Crippen LogP contribution is 2.39. The van der Waals surface area contributed by atoms with Crippen molar-refractivity contribution in [2.75, 3.05) is 30.4 Å². The fraction of sp³-hybridized carbons (Fsp3) is 0.643. The molecule has 1 fully saturated rings. The van der Waals surface area contributed by atoms with Gasteiger partial charge in [0.2, 0.25) is 0 Å². The highest BCUT2D eigenvalue weighted by atomic mass is 15.2. The molecule has 5 nitrogen and oxygen atoms in total. The molecule has 0 atom stereocenters. The van der Waals surface area contributed by atoms with E-state index < -0.39 is 0 Å². The molecule has 1 aromatic heterocycles. The largest absolute Gasteiger partial charge is 0.370 e. The summed E-state index contributed by atoms with van der Waals surface area (Å²) in [5.41, 5.74) is 0.